The van der Waals surface area contributed by atoms with Gasteiger partial charge in [-0.05, 0) is 35.8 Å². The molecule has 7 nitrogen and oxygen atoms in total. The third-order valence-electron chi connectivity index (χ3n) is 5.15. The van der Waals surface area contributed by atoms with Gasteiger partial charge in [0.15, 0.2) is 0 Å². The number of nitrogens with zero attached hydrogens (tertiary/aromatic N) is 5. The Balaban J connectivity index is 1.64. The standard InChI is InChI=1S/C23H24N6O/c1-3-5-8-19-16-28(4-2)23(30)29(19)15-17-11-13-18(14-12-17)20-9-6-7-10-21(20)22-24-26-27-25-22/h3,5-7,9-14,16H,4,8,15H2,1-2H3,(H,24,25,26,27). The molecule has 0 aliphatic rings. The van der Waals surface area contributed by atoms with Crippen molar-refractivity contribution < 1.29 is 0 Å². The van der Waals surface area contributed by atoms with Crippen molar-refractivity contribution >= 4 is 0 Å². The SMILES string of the molecule is CC=CCc1cn(CC)c(=O)n1Cc1ccc(-c2ccccc2-c2nn[nH]n2)cc1. The second kappa shape index (κ2) is 8.73. The van der Waals surface area contributed by atoms with E-state index in [9.17, 15) is 4.79 Å². The molecule has 0 fully saturated rings. The van der Waals surface area contributed by atoms with Gasteiger partial charge >= 0.3 is 5.69 Å². The smallest absolute Gasteiger partial charge is 0.299 e. The molecule has 30 heavy (non-hydrogen) atoms. The number of benzene rings is 2. The predicted octanol–water partition coefficient (Wildman–Crippen LogP) is 3.68. The fraction of sp³-hybridized carbons (Fsp3) is 0.217. The van der Waals surface area contributed by atoms with E-state index >= 15 is 0 Å². The van der Waals surface area contributed by atoms with Crippen molar-refractivity contribution in [3.05, 3.63) is 88.6 Å². The molecule has 0 unspecified atom stereocenters. The zero-order valence-electron chi connectivity index (χ0n) is 17.1. The Bertz CT molecular complexity index is 1200. The monoisotopic (exact) mass is 400 g/mol. The lowest BCUT2D eigenvalue weighted by Gasteiger charge is -2.09. The van der Waals surface area contributed by atoms with Crippen LogP contribution in [-0.2, 0) is 19.5 Å². The lowest BCUT2D eigenvalue weighted by atomic mass is 9.98. The number of aromatic nitrogens is 6. The van der Waals surface area contributed by atoms with Crippen LogP contribution in [0.5, 0.6) is 0 Å². The highest BCUT2D eigenvalue weighted by Gasteiger charge is 2.12. The number of allylic oxidation sites excluding steroid dienone is 2. The first kappa shape index (κ1) is 19.6. The molecule has 0 atom stereocenters. The molecule has 4 aromatic rings. The Kier molecular flexibility index (Phi) is 5.70. The third kappa shape index (κ3) is 3.87. The molecule has 2 aromatic heterocycles. The Hall–Kier alpha value is -3.74. The van der Waals surface area contributed by atoms with E-state index in [0.29, 0.717) is 18.9 Å². The van der Waals surface area contributed by atoms with Crippen molar-refractivity contribution in [3.63, 3.8) is 0 Å². The van der Waals surface area contributed by atoms with Crippen molar-refractivity contribution in [2.45, 2.75) is 33.4 Å². The van der Waals surface area contributed by atoms with Gasteiger partial charge in [0.2, 0.25) is 5.82 Å². The lowest BCUT2D eigenvalue weighted by molar-refractivity contribution is 0.660. The summed E-state index contributed by atoms with van der Waals surface area (Å²) in [5.74, 6) is 0.566. The van der Waals surface area contributed by atoms with Gasteiger partial charge in [-0.25, -0.2) is 4.79 Å². The number of hydrogen-bond donors (Lipinski definition) is 1. The summed E-state index contributed by atoms with van der Waals surface area (Å²) in [5.41, 5.74) is 5.15. The van der Waals surface area contributed by atoms with Crippen LogP contribution in [0.2, 0.25) is 0 Å². The average molecular weight is 400 g/mol. The topological polar surface area (TPSA) is 81.4 Å². The van der Waals surface area contributed by atoms with Crippen LogP contribution in [0.4, 0.5) is 0 Å². The van der Waals surface area contributed by atoms with E-state index in [1.807, 2.05) is 55.0 Å². The number of aryl methyl sites for hydroxylation is 1. The van der Waals surface area contributed by atoms with E-state index < -0.39 is 0 Å². The molecular formula is C23H24N6O. The first-order chi connectivity index (χ1) is 14.7. The minimum absolute atomic E-state index is 0.0310. The second-order valence-electron chi connectivity index (χ2n) is 7.03. The molecule has 0 amide bonds. The fourth-order valence-corrected chi connectivity index (χ4v) is 3.56. The third-order valence-corrected chi connectivity index (χ3v) is 5.15. The minimum Gasteiger partial charge on any atom is -0.299 e. The van der Waals surface area contributed by atoms with E-state index in [4.69, 9.17) is 0 Å². The van der Waals surface area contributed by atoms with E-state index in [0.717, 1.165) is 34.4 Å². The minimum atomic E-state index is 0.0310. The summed E-state index contributed by atoms with van der Waals surface area (Å²) in [5, 5.41) is 14.4. The van der Waals surface area contributed by atoms with Crippen LogP contribution in [0, 0.1) is 0 Å². The van der Waals surface area contributed by atoms with E-state index in [1.54, 1.807) is 4.57 Å². The van der Waals surface area contributed by atoms with Crippen LogP contribution in [0.3, 0.4) is 0 Å². The fourth-order valence-electron chi connectivity index (χ4n) is 3.56. The van der Waals surface area contributed by atoms with Crippen molar-refractivity contribution in [2.75, 3.05) is 0 Å². The van der Waals surface area contributed by atoms with Gasteiger partial charge < -0.3 is 0 Å². The van der Waals surface area contributed by atoms with Crippen LogP contribution in [0.1, 0.15) is 25.1 Å². The largest absolute Gasteiger partial charge is 0.328 e. The predicted molar refractivity (Wildman–Crippen MR) is 117 cm³/mol. The van der Waals surface area contributed by atoms with Crippen LogP contribution in [-0.4, -0.2) is 29.8 Å². The van der Waals surface area contributed by atoms with Crippen LogP contribution < -0.4 is 5.69 Å². The first-order valence-electron chi connectivity index (χ1n) is 10.0. The maximum atomic E-state index is 12.7. The van der Waals surface area contributed by atoms with E-state index in [2.05, 4.69) is 51.0 Å². The highest BCUT2D eigenvalue weighted by molar-refractivity contribution is 5.80. The quantitative estimate of drug-likeness (QED) is 0.480. The van der Waals surface area contributed by atoms with Crippen molar-refractivity contribution in [2.24, 2.45) is 0 Å². The molecule has 1 N–H and O–H groups in total. The molecule has 7 heteroatoms. The van der Waals surface area contributed by atoms with Gasteiger partial charge in [-0.1, -0.05) is 60.7 Å². The Labute approximate surface area is 174 Å². The molecular weight excluding hydrogens is 376 g/mol. The van der Waals surface area contributed by atoms with Gasteiger partial charge in [0.05, 0.1) is 6.54 Å². The lowest BCUT2D eigenvalue weighted by Crippen LogP contribution is -2.25. The highest BCUT2D eigenvalue weighted by atomic mass is 16.1. The molecule has 0 saturated heterocycles. The van der Waals surface area contributed by atoms with Gasteiger partial charge in [0.25, 0.3) is 0 Å². The van der Waals surface area contributed by atoms with Crippen LogP contribution >= 0.6 is 0 Å². The molecule has 0 bridgehead atoms. The van der Waals surface area contributed by atoms with Crippen molar-refractivity contribution in [1.29, 1.82) is 0 Å². The van der Waals surface area contributed by atoms with Gasteiger partial charge in [0, 0.05) is 30.4 Å². The summed E-state index contributed by atoms with van der Waals surface area (Å²) < 4.78 is 3.61. The maximum Gasteiger partial charge on any atom is 0.328 e. The number of imidazole rings is 1. The summed E-state index contributed by atoms with van der Waals surface area (Å²) in [6.07, 6.45) is 6.78. The van der Waals surface area contributed by atoms with Gasteiger partial charge in [-0.3, -0.25) is 9.13 Å². The first-order valence-corrected chi connectivity index (χ1v) is 10.0. The van der Waals surface area contributed by atoms with Crippen LogP contribution in [0.15, 0.2) is 71.7 Å². The molecule has 0 spiro atoms. The van der Waals surface area contributed by atoms with Crippen LogP contribution in [0.25, 0.3) is 22.5 Å². The van der Waals surface area contributed by atoms with Crippen molar-refractivity contribution in [1.82, 2.24) is 29.8 Å². The van der Waals surface area contributed by atoms with Gasteiger partial charge in [-0.2, -0.15) is 5.21 Å². The molecule has 152 valence electrons. The van der Waals surface area contributed by atoms with Crippen molar-refractivity contribution in [3.8, 4) is 22.5 Å². The van der Waals surface area contributed by atoms with E-state index in [1.165, 1.54) is 0 Å². The Morgan fingerprint density at radius 2 is 1.83 bits per heavy atom. The Morgan fingerprint density at radius 3 is 2.50 bits per heavy atom. The highest BCUT2D eigenvalue weighted by Crippen LogP contribution is 2.29. The van der Waals surface area contributed by atoms with Gasteiger partial charge in [-0.15, -0.1) is 10.2 Å². The number of nitrogens with one attached hydrogen (secondary N) is 1. The average Bonchev–Trinajstić information content (AvgIpc) is 3.42. The second-order valence-corrected chi connectivity index (χ2v) is 7.03. The molecule has 2 aromatic carbocycles. The number of aromatic amines is 1. The molecule has 2 heterocycles. The molecule has 0 aliphatic heterocycles. The summed E-state index contributed by atoms with van der Waals surface area (Å²) >= 11 is 0. The maximum absolute atomic E-state index is 12.7. The van der Waals surface area contributed by atoms with E-state index in [-0.39, 0.29) is 5.69 Å². The molecule has 4 rings (SSSR count). The normalized spacial score (nSPS) is 11.4. The molecule has 0 radical (unpaired) electrons. The zero-order valence-corrected chi connectivity index (χ0v) is 17.1. The molecule has 0 saturated carbocycles. The summed E-state index contributed by atoms with van der Waals surface area (Å²) in [6, 6.07) is 16.3. The summed E-state index contributed by atoms with van der Waals surface area (Å²) in [4.78, 5) is 12.7. The summed E-state index contributed by atoms with van der Waals surface area (Å²) in [7, 11) is 0. The number of rotatable bonds is 7. The summed E-state index contributed by atoms with van der Waals surface area (Å²) in [6.45, 7) is 5.19. The number of hydrogen-bond acceptors (Lipinski definition) is 4. The number of H-pyrrole nitrogens is 1. The Morgan fingerprint density at radius 1 is 1.07 bits per heavy atom. The zero-order chi connectivity index (χ0) is 20.9. The number of tetrazole rings is 1. The molecule has 0 aliphatic carbocycles. The van der Waals surface area contributed by atoms with Gasteiger partial charge in [0.1, 0.15) is 0 Å².